The fourth-order valence-corrected chi connectivity index (χ4v) is 3.10. The molecule has 1 heterocycles. The standard InChI is InChI=1S/C20H15F3N2O3S/c21-20(22,23)13-3-1-4-16(11-13)29-12-18(26)24-14-6-8-15(9-7-14)25-19(27)17-5-2-10-28-17/h1-11H,12H2,(H,24,26)(H,25,27). The topological polar surface area (TPSA) is 71.3 Å². The Kier molecular flexibility index (Phi) is 6.28. The summed E-state index contributed by atoms with van der Waals surface area (Å²) in [4.78, 5) is 24.3. The molecule has 0 spiro atoms. The van der Waals surface area contributed by atoms with Gasteiger partial charge in [0.05, 0.1) is 17.6 Å². The molecule has 3 aromatic rings. The van der Waals surface area contributed by atoms with Crippen LogP contribution < -0.4 is 10.6 Å². The summed E-state index contributed by atoms with van der Waals surface area (Å²) < 4.78 is 43.2. The predicted molar refractivity (Wildman–Crippen MR) is 104 cm³/mol. The molecule has 0 aliphatic heterocycles. The number of furan rings is 1. The fraction of sp³-hybridized carbons (Fsp3) is 0.100. The Labute approximate surface area is 168 Å². The second-order valence-corrected chi connectivity index (χ2v) is 6.92. The number of anilines is 2. The molecule has 0 atom stereocenters. The zero-order valence-corrected chi connectivity index (χ0v) is 15.6. The van der Waals surface area contributed by atoms with Crippen LogP contribution in [0.5, 0.6) is 0 Å². The highest BCUT2D eigenvalue weighted by Gasteiger charge is 2.30. The van der Waals surface area contributed by atoms with E-state index in [-0.39, 0.29) is 17.4 Å². The Morgan fingerprint density at radius 3 is 2.24 bits per heavy atom. The van der Waals surface area contributed by atoms with Gasteiger partial charge in [0.15, 0.2) is 5.76 Å². The molecular weight excluding hydrogens is 405 g/mol. The number of rotatable bonds is 6. The highest BCUT2D eigenvalue weighted by Crippen LogP contribution is 2.31. The van der Waals surface area contributed by atoms with Crippen molar-refractivity contribution in [1.82, 2.24) is 0 Å². The van der Waals surface area contributed by atoms with Gasteiger partial charge in [-0.05, 0) is 54.6 Å². The lowest BCUT2D eigenvalue weighted by molar-refractivity contribution is -0.137. The molecule has 0 unspecified atom stereocenters. The third-order valence-electron chi connectivity index (χ3n) is 3.70. The van der Waals surface area contributed by atoms with E-state index < -0.39 is 17.6 Å². The Morgan fingerprint density at radius 2 is 1.62 bits per heavy atom. The van der Waals surface area contributed by atoms with E-state index in [0.29, 0.717) is 16.3 Å². The number of halogens is 3. The van der Waals surface area contributed by atoms with Crippen LogP contribution in [0.2, 0.25) is 0 Å². The van der Waals surface area contributed by atoms with E-state index in [4.69, 9.17) is 4.42 Å². The Bertz CT molecular complexity index is 987. The molecule has 2 aromatic carbocycles. The van der Waals surface area contributed by atoms with Gasteiger partial charge >= 0.3 is 6.18 Å². The summed E-state index contributed by atoms with van der Waals surface area (Å²) in [6.07, 6.45) is -3.03. The summed E-state index contributed by atoms with van der Waals surface area (Å²) >= 11 is 1.01. The molecule has 0 radical (unpaired) electrons. The Hall–Kier alpha value is -3.20. The van der Waals surface area contributed by atoms with Gasteiger partial charge in [0, 0.05) is 16.3 Å². The van der Waals surface area contributed by atoms with Gasteiger partial charge in [0.25, 0.3) is 5.91 Å². The van der Waals surface area contributed by atoms with E-state index >= 15 is 0 Å². The molecule has 0 aliphatic carbocycles. The number of carbonyl (C=O) groups is 2. The minimum atomic E-state index is -4.42. The Morgan fingerprint density at radius 1 is 0.931 bits per heavy atom. The molecule has 0 fully saturated rings. The molecular formula is C20H15F3N2O3S. The molecule has 2 amide bonds. The fourth-order valence-electron chi connectivity index (χ4n) is 2.35. The summed E-state index contributed by atoms with van der Waals surface area (Å²) in [6.45, 7) is 0. The van der Waals surface area contributed by atoms with E-state index in [1.54, 1.807) is 30.3 Å². The van der Waals surface area contributed by atoms with Crippen LogP contribution in [0.4, 0.5) is 24.5 Å². The van der Waals surface area contributed by atoms with Gasteiger partial charge in [-0.1, -0.05) is 6.07 Å². The van der Waals surface area contributed by atoms with Gasteiger partial charge in [-0.3, -0.25) is 9.59 Å². The van der Waals surface area contributed by atoms with Crippen LogP contribution in [0.3, 0.4) is 0 Å². The van der Waals surface area contributed by atoms with Gasteiger partial charge in [-0.25, -0.2) is 0 Å². The highest BCUT2D eigenvalue weighted by molar-refractivity contribution is 8.00. The van der Waals surface area contributed by atoms with Crippen molar-refractivity contribution in [2.24, 2.45) is 0 Å². The summed E-state index contributed by atoms with van der Waals surface area (Å²) in [5.74, 6) is -0.628. The van der Waals surface area contributed by atoms with Crippen LogP contribution >= 0.6 is 11.8 Å². The number of nitrogens with one attached hydrogen (secondary N) is 2. The van der Waals surface area contributed by atoms with Crippen LogP contribution in [0.15, 0.2) is 76.2 Å². The van der Waals surface area contributed by atoms with Crippen LogP contribution in [-0.4, -0.2) is 17.6 Å². The summed E-state index contributed by atoms with van der Waals surface area (Å²) in [5, 5.41) is 5.30. The molecule has 9 heteroatoms. The lowest BCUT2D eigenvalue weighted by Crippen LogP contribution is -2.14. The lowest BCUT2D eigenvalue weighted by Gasteiger charge is -2.09. The average molecular weight is 420 g/mol. The molecule has 150 valence electrons. The van der Waals surface area contributed by atoms with E-state index in [2.05, 4.69) is 10.6 Å². The lowest BCUT2D eigenvalue weighted by atomic mass is 10.2. The quantitative estimate of drug-likeness (QED) is 0.532. The van der Waals surface area contributed by atoms with Crippen LogP contribution in [-0.2, 0) is 11.0 Å². The second-order valence-electron chi connectivity index (χ2n) is 5.87. The molecule has 3 rings (SSSR count). The highest BCUT2D eigenvalue weighted by atomic mass is 32.2. The van der Waals surface area contributed by atoms with Crippen molar-refractivity contribution < 1.29 is 27.2 Å². The summed E-state index contributed by atoms with van der Waals surface area (Å²) in [7, 11) is 0. The van der Waals surface area contributed by atoms with E-state index in [9.17, 15) is 22.8 Å². The smallest absolute Gasteiger partial charge is 0.416 e. The molecule has 0 bridgehead atoms. The van der Waals surface area contributed by atoms with Crippen molar-refractivity contribution >= 4 is 35.0 Å². The van der Waals surface area contributed by atoms with Gasteiger partial charge in [-0.2, -0.15) is 13.2 Å². The van der Waals surface area contributed by atoms with Gasteiger partial charge in [-0.15, -0.1) is 11.8 Å². The van der Waals surface area contributed by atoms with E-state index in [0.717, 1.165) is 23.9 Å². The number of thioether (sulfide) groups is 1. The molecule has 0 saturated carbocycles. The minimum absolute atomic E-state index is 0.0434. The number of hydrogen-bond acceptors (Lipinski definition) is 4. The third-order valence-corrected chi connectivity index (χ3v) is 4.70. The average Bonchev–Trinajstić information content (AvgIpc) is 3.22. The maximum absolute atomic E-state index is 12.7. The first-order valence-corrected chi connectivity index (χ1v) is 9.35. The Balaban J connectivity index is 1.51. The van der Waals surface area contributed by atoms with Crippen molar-refractivity contribution in [3.63, 3.8) is 0 Å². The van der Waals surface area contributed by atoms with Gasteiger partial charge < -0.3 is 15.1 Å². The number of amides is 2. The molecule has 5 nitrogen and oxygen atoms in total. The second kappa shape index (κ2) is 8.87. The van der Waals surface area contributed by atoms with Crippen molar-refractivity contribution in [3.8, 4) is 0 Å². The zero-order valence-electron chi connectivity index (χ0n) is 14.8. The molecule has 0 saturated heterocycles. The molecule has 2 N–H and O–H groups in total. The predicted octanol–water partition coefficient (Wildman–Crippen LogP) is 5.28. The minimum Gasteiger partial charge on any atom is -0.459 e. The SMILES string of the molecule is O=C(CSc1cccc(C(F)(F)F)c1)Nc1ccc(NC(=O)c2ccco2)cc1. The first kappa shape index (κ1) is 20.5. The number of carbonyl (C=O) groups excluding carboxylic acids is 2. The van der Waals surface area contributed by atoms with Crippen LogP contribution in [0.1, 0.15) is 16.1 Å². The normalized spacial score (nSPS) is 11.1. The van der Waals surface area contributed by atoms with Crippen molar-refractivity contribution in [1.29, 1.82) is 0 Å². The van der Waals surface area contributed by atoms with Crippen molar-refractivity contribution in [3.05, 3.63) is 78.3 Å². The van der Waals surface area contributed by atoms with Gasteiger partial charge in [0.2, 0.25) is 5.91 Å². The molecule has 1 aromatic heterocycles. The summed E-state index contributed by atoms with van der Waals surface area (Å²) in [6, 6.07) is 14.4. The van der Waals surface area contributed by atoms with Gasteiger partial charge in [0.1, 0.15) is 0 Å². The first-order valence-electron chi connectivity index (χ1n) is 8.36. The largest absolute Gasteiger partial charge is 0.459 e. The third kappa shape index (κ3) is 5.89. The number of benzene rings is 2. The number of hydrogen-bond donors (Lipinski definition) is 2. The summed E-state index contributed by atoms with van der Waals surface area (Å²) in [5.41, 5.74) is 0.258. The molecule has 0 aliphatic rings. The monoisotopic (exact) mass is 420 g/mol. The van der Waals surface area contributed by atoms with E-state index in [1.807, 2.05) is 0 Å². The van der Waals surface area contributed by atoms with Crippen molar-refractivity contribution in [2.75, 3.05) is 16.4 Å². The first-order chi connectivity index (χ1) is 13.8. The van der Waals surface area contributed by atoms with Crippen molar-refractivity contribution in [2.45, 2.75) is 11.1 Å². The van der Waals surface area contributed by atoms with Crippen LogP contribution in [0.25, 0.3) is 0 Å². The maximum Gasteiger partial charge on any atom is 0.416 e. The maximum atomic E-state index is 12.7. The molecule has 29 heavy (non-hydrogen) atoms. The van der Waals surface area contributed by atoms with E-state index in [1.165, 1.54) is 24.5 Å². The van der Waals surface area contributed by atoms with Crippen LogP contribution in [0, 0.1) is 0 Å². The zero-order chi connectivity index (χ0) is 20.9. The number of alkyl halides is 3.